The van der Waals surface area contributed by atoms with Crippen LogP contribution in [-0.2, 0) is 0 Å². The molecule has 8 nitrogen and oxygen atoms in total. The number of anilines is 4. The van der Waals surface area contributed by atoms with Crippen molar-refractivity contribution in [1.29, 1.82) is 0 Å². The van der Waals surface area contributed by atoms with Crippen molar-refractivity contribution in [1.82, 2.24) is 15.4 Å². The first-order valence-electron chi connectivity index (χ1n) is 10.0. The third-order valence-corrected chi connectivity index (χ3v) is 5.24. The van der Waals surface area contributed by atoms with Gasteiger partial charge in [0, 0.05) is 37.4 Å². The number of aryl methyl sites for hydroxylation is 1. The Morgan fingerprint density at radius 1 is 0.968 bits per heavy atom. The molecule has 160 valence electrons. The van der Waals surface area contributed by atoms with Crippen molar-refractivity contribution in [2.75, 3.05) is 47.1 Å². The molecule has 3 aromatic rings. The lowest BCUT2D eigenvalue weighted by atomic mass is 10.1. The summed E-state index contributed by atoms with van der Waals surface area (Å²) in [7, 11) is 0. The number of nitrogen functional groups attached to an aromatic ring is 1. The Morgan fingerprint density at radius 2 is 1.61 bits per heavy atom. The first-order chi connectivity index (χ1) is 15.0. The standard InChI is InChI=1S/C22H24FN7O/c1-15-2-4-16(5-3-15)22(31)28-27-20-19(24)21(26-14-25-20)30-12-10-29(11-13-30)18-8-6-17(23)7-9-18/h2-9,14H,10-13,24H2,1H3,(H,28,31)(H,25,26,27). The van der Waals surface area contributed by atoms with Gasteiger partial charge >= 0.3 is 0 Å². The number of benzene rings is 2. The number of hydrogen-bond donors (Lipinski definition) is 3. The Bertz CT molecular complexity index is 1050. The van der Waals surface area contributed by atoms with Crippen LogP contribution < -0.4 is 26.4 Å². The zero-order valence-corrected chi connectivity index (χ0v) is 17.2. The van der Waals surface area contributed by atoms with Gasteiger partial charge in [0.1, 0.15) is 17.8 Å². The number of amides is 1. The lowest BCUT2D eigenvalue weighted by molar-refractivity contribution is 0.0962. The first-order valence-corrected chi connectivity index (χ1v) is 10.0. The van der Waals surface area contributed by atoms with Crippen LogP contribution in [0.2, 0.25) is 0 Å². The van der Waals surface area contributed by atoms with Crippen molar-refractivity contribution in [2.24, 2.45) is 0 Å². The first kappa shape index (κ1) is 20.4. The molecule has 0 saturated carbocycles. The van der Waals surface area contributed by atoms with Crippen LogP contribution in [0.1, 0.15) is 15.9 Å². The van der Waals surface area contributed by atoms with Gasteiger partial charge in [-0.1, -0.05) is 17.7 Å². The number of carbonyl (C=O) groups excluding carboxylic acids is 1. The van der Waals surface area contributed by atoms with E-state index in [0.29, 0.717) is 36.0 Å². The van der Waals surface area contributed by atoms with Gasteiger partial charge in [-0.15, -0.1) is 0 Å². The van der Waals surface area contributed by atoms with Crippen LogP contribution in [0.15, 0.2) is 54.9 Å². The molecule has 1 saturated heterocycles. The Morgan fingerprint density at radius 3 is 2.29 bits per heavy atom. The number of rotatable bonds is 5. The highest BCUT2D eigenvalue weighted by Crippen LogP contribution is 2.27. The average molecular weight is 421 g/mol. The topological polar surface area (TPSA) is 99.4 Å². The summed E-state index contributed by atoms with van der Waals surface area (Å²) >= 11 is 0. The van der Waals surface area contributed by atoms with Gasteiger partial charge in [0.05, 0.1) is 0 Å². The minimum absolute atomic E-state index is 0.245. The highest BCUT2D eigenvalue weighted by molar-refractivity contribution is 5.95. The summed E-state index contributed by atoms with van der Waals surface area (Å²) in [5.41, 5.74) is 14.7. The Labute approximate surface area is 179 Å². The number of nitrogens with two attached hydrogens (primary N) is 1. The molecule has 1 amide bonds. The second-order valence-electron chi connectivity index (χ2n) is 7.36. The Hall–Kier alpha value is -3.88. The maximum atomic E-state index is 13.2. The zero-order chi connectivity index (χ0) is 21.8. The van der Waals surface area contributed by atoms with Gasteiger partial charge < -0.3 is 15.5 Å². The number of hydrazine groups is 1. The number of piperazine rings is 1. The van der Waals surface area contributed by atoms with E-state index >= 15 is 0 Å². The number of nitrogens with one attached hydrogen (secondary N) is 2. The predicted molar refractivity (Wildman–Crippen MR) is 120 cm³/mol. The summed E-state index contributed by atoms with van der Waals surface area (Å²) in [5, 5.41) is 0. The molecule has 4 N–H and O–H groups in total. The molecule has 1 aromatic heterocycles. The normalized spacial score (nSPS) is 13.7. The highest BCUT2D eigenvalue weighted by atomic mass is 19.1. The van der Waals surface area contributed by atoms with Gasteiger partial charge in [-0.05, 0) is 43.3 Å². The molecular weight excluding hydrogens is 397 g/mol. The summed E-state index contributed by atoms with van der Waals surface area (Å²) < 4.78 is 13.2. The van der Waals surface area contributed by atoms with Crippen LogP contribution in [0.5, 0.6) is 0 Å². The van der Waals surface area contributed by atoms with E-state index in [1.54, 1.807) is 24.3 Å². The van der Waals surface area contributed by atoms with Crippen molar-refractivity contribution in [3.63, 3.8) is 0 Å². The molecule has 0 atom stereocenters. The van der Waals surface area contributed by atoms with Crippen LogP contribution >= 0.6 is 0 Å². The monoisotopic (exact) mass is 421 g/mol. The summed E-state index contributed by atoms with van der Waals surface area (Å²) in [6.07, 6.45) is 1.42. The number of carbonyl (C=O) groups is 1. The van der Waals surface area contributed by atoms with Crippen molar-refractivity contribution >= 4 is 28.9 Å². The van der Waals surface area contributed by atoms with Gasteiger partial charge in [-0.25, -0.2) is 14.4 Å². The Kier molecular flexibility index (Phi) is 5.83. The van der Waals surface area contributed by atoms with Crippen LogP contribution in [0, 0.1) is 12.7 Å². The van der Waals surface area contributed by atoms with Gasteiger partial charge in [0.25, 0.3) is 5.91 Å². The lowest BCUT2D eigenvalue weighted by Crippen LogP contribution is -2.47. The van der Waals surface area contributed by atoms with Gasteiger partial charge in [-0.2, -0.15) is 0 Å². The second-order valence-corrected chi connectivity index (χ2v) is 7.36. The summed E-state index contributed by atoms with van der Waals surface area (Å²) in [4.78, 5) is 25.1. The minimum Gasteiger partial charge on any atom is -0.393 e. The average Bonchev–Trinajstić information content (AvgIpc) is 2.79. The van der Waals surface area contributed by atoms with Crippen LogP contribution in [0.4, 0.5) is 27.4 Å². The molecule has 0 spiro atoms. The molecule has 1 fully saturated rings. The van der Waals surface area contributed by atoms with Gasteiger partial charge in [-0.3, -0.25) is 15.6 Å². The van der Waals surface area contributed by atoms with E-state index in [9.17, 15) is 9.18 Å². The molecule has 2 heterocycles. The van der Waals surface area contributed by atoms with Crippen molar-refractivity contribution in [2.45, 2.75) is 6.92 Å². The van der Waals surface area contributed by atoms with Gasteiger partial charge in [0.15, 0.2) is 11.6 Å². The summed E-state index contributed by atoms with van der Waals surface area (Å²) in [6, 6.07) is 13.7. The molecule has 0 aliphatic carbocycles. The minimum atomic E-state index is -0.285. The molecular formula is C22H24FN7O. The molecule has 1 aliphatic rings. The second kappa shape index (κ2) is 8.86. The fourth-order valence-electron chi connectivity index (χ4n) is 3.46. The molecule has 2 aromatic carbocycles. The van der Waals surface area contributed by atoms with Crippen molar-refractivity contribution in [3.8, 4) is 0 Å². The molecule has 9 heteroatoms. The SMILES string of the molecule is Cc1ccc(C(=O)NNc2ncnc(N3CCN(c4ccc(F)cc4)CC3)c2N)cc1. The van der Waals surface area contributed by atoms with E-state index in [-0.39, 0.29) is 11.7 Å². The largest absolute Gasteiger partial charge is 0.393 e. The van der Waals surface area contributed by atoms with E-state index in [4.69, 9.17) is 5.73 Å². The predicted octanol–water partition coefficient (Wildman–Crippen LogP) is 2.59. The maximum absolute atomic E-state index is 13.2. The number of nitrogens with zero attached hydrogens (tertiary/aromatic N) is 4. The number of halogens is 1. The third kappa shape index (κ3) is 4.66. The van der Waals surface area contributed by atoms with Crippen LogP contribution in [0.25, 0.3) is 0 Å². The summed E-state index contributed by atoms with van der Waals surface area (Å²) in [5.74, 6) is 0.422. The molecule has 0 bridgehead atoms. The van der Waals surface area contributed by atoms with Crippen molar-refractivity contribution < 1.29 is 9.18 Å². The quantitative estimate of drug-likeness (QED) is 0.545. The number of aromatic nitrogens is 2. The van der Waals surface area contributed by atoms with E-state index in [2.05, 4.69) is 30.6 Å². The fourth-order valence-corrected chi connectivity index (χ4v) is 3.46. The van der Waals surface area contributed by atoms with E-state index in [1.165, 1.54) is 18.5 Å². The number of hydrogen-bond acceptors (Lipinski definition) is 7. The smallest absolute Gasteiger partial charge is 0.269 e. The van der Waals surface area contributed by atoms with Gasteiger partial charge in [0.2, 0.25) is 0 Å². The van der Waals surface area contributed by atoms with Crippen molar-refractivity contribution in [3.05, 3.63) is 71.8 Å². The van der Waals surface area contributed by atoms with E-state index < -0.39 is 0 Å². The lowest BCUT2D eigenvalue weighted by Gasteiger charge is -2.37. The zero-order valence-electron chi connectivity index (χ0n) is 17.2. The fraction of sp³-hybridized carbons (Fsp3) is 0.227. The molecule has 4 rings (SSSR count). The van der Waals surface area contributed by atoms with E-state index in [1.807, 2.05) is 19.1 Å². The van der Waals surface area contributed by atoms with E-state index in [0.717, 1.165) is 24.3 Å². The molecule has 1 aliphatic heterocycles. The Balaban J connectivity index is 1.39. The maximum Gasteiger partial charge on any atom is 0.269 e. The van der Waals surface area contributed by atoms with Crippen LogP contribution in [0.3, 0.4) is 0 Å². The molecule has 0 radical (unpaired) electrons. The van der Waals surface area contributed by atoms with Crippen LogP contribution in [-0.4, -0.2) is 42.1 Å². The summed E-state index contributed by atoms with van der Waals surface area (Å²) in [6.45, 7) is 4.87. The molecule has 0 unspecified atom stereocenters. The highest BCUT2D eigenvalue weighted by Gasteiger charge is 2.21. The molecule has 31 heavy (non-hydrogen) atoms. The third-order valence-electron chi connectivity index (χ3n) is 5.24.